The fourth-order valence-corrected chi connectivity index (χ4v) is 2.72. The quantitative estimate of drug-likeness (QED) is 0.838. The number of nitrogens with zero attached hydrogens (tertiary/aromatic N) is 1. The molecule has 2 N–H and O–H groups in total. The standard InChI is InChI=1S/C17H28N2O2/c1-14-6-9-19(10-7-14)11-12-21-16-4-3-15(5-8-18)13-17(16)20-2/h3-4,13-14H,5-12,18H2,1-2H3. The van der Waals surface area contributed by atoms with Crippen LogP contribution in [-0.2, 0) is 6.42 Å². The van der Waals surface area contributed by atoms with Crippen LogP contribution in [0.2, 0.25) is 0 Å². The number of hydrogen-bond acceptors (Lipinski definition) is 4. The summed E-state index contributed by atoms with van der Waals surface area (Å²) in [6, 6.07) is 6.07. The first-order chi connectivity index (χ1) is 10.2. The second-order valence-corrected chi connectivity index (χ2v) is 5.90. The van der Waals surface area contributed by atoms with Crippen molar-refractivity contribution in [1.29, 1.82) is 0 Å². The molecule has 4 heteroatoms. The molecule has 118 valence electrons. The summed E-state index contributed by atoms with van der Waals surface area (Å²) in [5.74, 6) is 2.49. The summed E-state index contributed by atoms with van der Waals surface area (Å²) in [6.07, 6.45) is 3.47. The van der Waals surface area contributed by atoms with Gasteiger partial charge >= 0.3 is 0 Å². The highest BCUT2D eigenvalue weighted by molar-refractivity contribution is 5.43. The molecule has 1 fully saturated rings. The lowest BCUT2D eigenvalue weighted by atomic mass is 9.99. The minimum Gasteiger partial charge on any atom is -0.493 e. The van der Waals surface area contributed by atoms with Crippen LogP contribution in [0.4, 0.5) is 0 Å². The third kappa shape index (κ3) is 4.90. The van der Waals surface area contributed by atoms with Crippen LogP contribution in [0.25, 0.3) is 0 Å². The molecule has 0 aromatic heterocycles. The van der Waals surface area contributed by atoms with E-state index in [4.69, 9.17) is 15.2 Å². The molecular weight excluding hydrogens is 264 g/mol. The molecule has 0 saturated carbocycles. The maximum atomic E-state index is 5.89. The van der Waals surface area contributed by atoms with E-state index in [1.54, 1.807) is 7.11 Å². The lowest BCUT2D eigenvalue weighted by Gasteiger charge is -2.30. The van der Waals surface area contributed by atoms with Gasteiger partial charge in [-0.15, -0.1) is 0 Å². The Balaban J connectivity index is 1.82. The van der Waals surface area contributed by atoms with Gasteiger partial charge in [0.1, 0.15) is 6.61 Å². The van der Waals surface area contributed by atoms with E-state index in [2.05, 4.69) is 17.9 Å². The van der Waals surface area contributed by atoms with Gasteiger partial charge in [-0.1, -0.05) is 13.0 Å². The molecule has 0 unspecified atom stereocenters. The van der Waals surface area contributed by atoms with Crippen molar-refractivity contribution in [1.82, 2.24) is 4.90 Å². The van der Waals surface area contributed by atoms with Gasteiger partial charge in [-0.3, -0.25) is 4.90 Å². The molecule has 1 heterocycles. The number of hydrogen-bond donors (Lipinski definition) is 1. The molecule has 1 aliphatic rings. The smallest absolute Gasteiger partial charge is 0.161 e. The largest absolute Gasteiger partial charge is 0.493 e. The monoisotopic (exact) mass is 292 g/mol. The highest BCUT2D eigenvalue weighted by Gasteiger charge is 2.15. The van der Waals surface area contributed by atoms with E-state index >= 15 is 0 Å². The molecule has 4 nitrogen and oxygen atoms in total. The lowest BCUT2D eigenvalue weighted by Crippen LogP contribution is -2.35. The van der Waals surface area contributed by atoms with Gasteiger partial charge in [0.25, 0.3) is 0 Å². The minimum absolute atomic E-state index is 0.650. The van der Waals surface area contributed by atoms with E-state index in [1.165, 1.54) is 31.5 Å². The number of rotatable bonds is 7. The van der Waals surface area contributed by atoms with E-state index in [0.29, 0.717) is 13.2 Å². The van der Waals surface area contributed by atoms with E-state index in [0.717, 1.165) is 30.4 Å². The van der Waals surface area contributed by atoms with Gasteiger partial charge in [0.15, 0.2) is 11.5 Å². The summed E-state index contributed by atoms with van der Waals surface area (Å²) < 4.78 is 11.3. The molecule has 1 saturated heterocycles. The Morgan fingerprint density at radius 1 is 1.24 bits per heavy atom. The average Bonchev–Trinajstić information content (AvgIpc) is 2.50. The van der Waals surface area contributed by atoms with Gasteiger partial charge in [-0.05, 0) is 62.5 Å². The van der Waals surface area contributed by atoms with Gasteiger partial charge < -0.3 is 15.2 Å². The van der Waals surface area contributed by atoms with Crippen molar-refractivity contribution in [3.05, 3.63) is 23.8 Å². The topological polar surface area (TPSA) is 47.7 Å². The van der Waals surface area contributed by atoms with Crippen LogP contribution >= 0.6 is 0 Å². The van der Waals surface area contributed by atoms with Gasteiger partial charge in [0.05, 0.1) is 7.11 Å². The number of benzene rings is 1. The van der Waals surface area contributed by atoms with Crippen molar-refractivity contribution in [3.63, 3.8) is 0 Å². The Hall–Kier alpha value is -1.26. The van der Waals surface area contributed by atoms with Crippen LogP contribution < -0.4 is 15.2 Å². The van der Waals surface area contributed by atoms with Crippen molar-refractivity contribution < 1.29 is 9.47 Å². The van der Waals surface area contributed by atoms with E-state index in [1.807, 2.05) is 12.1 Å². The molecule has 2 rings (SSSR count). The molecule has 0 bridgehead atoms. The van der Waals surface area contributed by atoms with Gasteiger partial charge in [0.2, 0.25) is 0 Å². The van der Waals surface area contributed by atoms with Crippen molar-refractivity contribution in [3.8, 4) is 11.5 Å². The third-order valence-corrected chi connectivity index (χ3v) is 4.20. The molecule has 1 aromatic rings. The normalized spacial score (nSPS) is 16.9. The van der Waals surface area contributed by atoms with Crippen LogP contribution in [0.15, 0.2) is 18.2 Å². The summed E-state index contributed by atoms with van der Waals surface area (Å²) >= 11 is 0. The minimum atomic E-state index is 0.650. The van der Waals surface area contributed by atoms with Crippen LogP contribution in [0.3, 0.4) is 0 Å². The average molecular weight is 292 g/mol. The van der Waals surface area contributed by atoms with E-state index in [-0.39, 0.29) is 0 Å². The van der Waals surface area contributed by atoms with Gasteiger partial charge in [-0.25, -0.2) is 0 Å². The number of piperidine rings is 1. The Labute approximate surface area is 128 Å². The third-order valence-electron chi connectivity index (χ3n) is 4.20. The van der Waals surface area contributed by atoms with Crippen molar-refractivity contribution in [2.24, 2.45) is 11.7 Å². The van der Waals surface area contributed by atoms with E-state index < -0.39 is 0 Å². The van der Waals surface area contributed by atoms with Crippen molar-refractivity contribution >= 4 is 0 Å². The van der Waals surface area contributed by atoms with E-state index in [9.17, 15) is 0 Å². The summed E-state index contributed by atoms with van der Waals surface area (Å²) in [4.78, 5) is 2.48. The van der Waals surface area contributed by atoms with Crippen molar-refractivity contribution in [2.45, 2.75) is 26.2 Å². The van der Waals surface area contributed by atoms with Crippen LogP contribution in [0.1, 0.15) is 25.3 Å². The van der Waals surface area contributed by atoms with Crippen LogP contribution in [0.5, 0.6) is 11.5 Å². The second-order valence-electron chi connectivity index (χ2n) is 5.90. The number of nitrogens with two attached hydrogens (primary N) is 1. The first-order valence-electron chi connectivity index (χ1n) is 7.95. The molecule has 0 spiro atoms. The Morgan fingerprint density at radius 3 is 2.67 bits per heavy atom. The molecule has 0 radical (unpaired) electrons. The molecular formula is C17H28N2O2. The number of ether oxygens (including phenoxy) is 2. The summed E-state index contributed by atoms with van der Waals surface area (Å²) in [6.45, 7) is 7.06. The highest BCUT2D eigenvalue weighted by atomic mass is 16.5. The molecule has 21 heavy (non-hydrogen) atoms. The summed E-state index contributed by atoms with van der Waals surface area (Å²) in [7, 11) is 1.68. The number of methoxy groups -OCH3 is 1. The SMILES string of the molecule is COc1cc(CCN)ccc1OCCN1CCC(C)CC1. The van der Waals surface area contributed by atoms with Crippen LogP contribution in [0, 0.1) is 5.92 Å². The lowest BCUT2D eigenvalue weighted by molar-refractivity contribution is 0.158. The molecule has 1 aromatic carbocycles. The highest BCUT2D eigenvalue weighted by Crippen LogP contribution is 2.28. The zero-order valence-corrected chi connectivity index (χ0v) is 13.3. The predicted octanol–water partition coefficient (Wildman–Crippen LogP) is 2.31. The molecule has 1 aliphatic heterocycles. The zero-order valence-electron chi connectivity index (χ0n) is 13.3. The molecule has 0 amide bonds. The van der Waals surface area contributed by atoms with Crippen molar-refractivity contribution in [2.75, 3.05) is 39.9 Å². The van der Waals surface area contributed by atoms with Crippen LogP contribution in [-0.4, -0.2) is 44.8 Å². The Kier molecular flexibility index (Phi) is 6.33. The summed E-state index contributed by atoms with van der Waals surface area (Å²) in [5.41, 5.74) is 6.77. The summed E-state index contributed by atoms with van der Waals surface area (Å²) in [5, 5.41) is 0. The maximum absolute atomic E-state index is 5.89. The first kappa shape index (κ1) is 16.1. The second kappa shape index (κ2) is 8.25. The Bertz CT molecular complexity index is 429. The molecule has 0 aliphatic carbocycles. The van der Waals surface area contributed by atoms with Gasteiger partial charge in [0, 0.05) is 6.54 Å². The fraction of sp³-hybridized carbons (Fsp3) is 0.647. The first-order valence-corrected chi connectivity index (χ1v) is 7.95. The van der Waals surface area contributed by atoms with Gasteiger partial charge in [-0.2, -0.15) is 0 Å². The molecule has 0 atom stereocenters. The maximum Gasteiger partial charge on any atom is 0.161 e. The Morgan fingerprint density at radius 2 is 2.00 bits per heavy atom. The predicted molar refractivity (Wildman–Crippen MR) is 86.1 cm³/mol. The number of likely N-dealkylation sites (tertiary alicyclic amines) is 1. The zero-order chi connectivity index (χ0) is 15.1. The fourth-order valence-electron chi connectivity index (χ4n) is 2.72.